The van der Waals surface area contributed by atoms with E-state index in [1.807, 2.05) is 0 Å². The van der Waals surface area contributed by atoms with Gasteiger partial charge < -0.3 is 11.1 Å². The summed E-state index contributed by atoms with van der Waals surface area (Å²) in [4.78, 5) is 11.8. The van der Waals surface area contributed by atoms with Gasteiger partial charge in [0.2, 0.25) is 0 Å². The number of carbonyl (C=O) groups excluding carboxylic acids is 1. The number of halogens is 3. The molecule has 20 heavy (non-hydrogen) atoms. The minimum atomic E-state index is -0.766. The van der Waals surface area contributed by atoms with E-state index in [1.54, 1.807) is 0 Å². The second kappa shape index (κ2) is 5.64. The topological polar surface area (TPSA) is 55.1 Å². The number of nitrogens with one attached hydrogen (secondary N) is 1. The Hall–Kier alpha value is -2.50. The Morgan fingerprint density at radius 1 is 1.10 bits per heavy atom. The van der Waals surface area contributed by atoms with Crippen LogP contribution in [-0.4, -0.2) is 5.91 Å². The highest BCUT2D eigenvalue weighted by atomic mass is 19.1. The summed E-state index contributed by atoms with van der Waals surface area (Å²) in [5, 5.41) is 2.40. The third-order valence-electron chi connectivity index (χ3n) is 2.75. The summed E-state index contributed by atoms with van der Waals surface area (Å²) < 4.78 is 39.3. The third kappa shape index (κ3) is 2.90. The van der Waals surface area contributed by atoms with Gasteiger partial charge in [0.25, 0.3) is 5.91 Å². The number of rotatable bonds is 3. The van der Waals surface area contributed by atoms with Gasteiger partial charge in [0.05, 0.1) is 11.3 Å². The molecule has 0 spiro atoms. The molecule has 2 aromatic rings. The van der Waals surface area contributed by atoms with Gasteiger partial charge in [0.15, 0.2) is 0 Å². The van der Waals surface area contributed by atoms with Gasteiger partial charge in [0.1, 0.15) is 17.5 Å². The number of nitrogens with two attached hydrogens (primary N) is 1. The van der Waals surface area contributed by atoms with Crippen molar-refractivity contribution in [3.63, 3.8) is 0 Å². The van der Waals surface area contributed by atoms with E-state index >= 15 is 0 Å². The molecule has 0 radical (unpaired) electrons. The first kappa shape index (κ1) is 13.9. The van der Waals surface area contributed by atoms with E-state index in [2.05, 4.69) is 5.32 Å². The van der Waals surface area contributed by atoms with Crippen molar-refractivity contribution in [3.8, 4) is 0 Å². The van der Waals surface area contributed by atoms with Gasteiger partial charge in [-0.05, 0) is 18.2 Å². The monoisotopic (exact) mass is 280 g/mol. The van der Waals surface area contributed by atoms with Crippen LogP contribution in [0.3, 0.4) is 0 Å². The van der Waals surface area contributed by atoms with Crippen molar-refractivity contribution < 1.29 is 18.0 Å². The van der Waals surface area contributed by atoms with Crippen molar-refractivity contribution in [1.82, 2.24) is 5.32 Å². The molecule has 0 atom stereocenters. The number of carbonyl (C=O) groups is 1. The van der Waals surface area contributed by atoms with Crippen molar-refractivity contribution >= 4 is 11.6 Å². The zero-order chi connectivity index (χ0) is 14.7. The second-order valence-corrected chi connectivity index (χ2v) is 4.12. The van der Waals surface area contributed by atoms with Gasteiger partial charge in [-0.2, -0.15) is 0 Å². The van der Waals surface area contributed by atoms with Gasteiger partial charge in [0, 0.05) is 18.2 Å². The standard InChI is InChI=1S/C14H11F3N2O/c15-9-5-4-8(12(17)6-9)7-19-14(20)10-2-1-3-11(16)13(10)18/h1-6H,7,18H2,(H,19,20). The Morgan fingerprint density at radius 3 is 2.55 bits per heavy atom. The predicted molar refractivity (Wildman–Crippen MR) is 68.3 cm³/mol. The van der Waals surface area contributed by atoms with E-state index in [-0.39, 0.29) is 23.4 Å². The van der Waals surface area contributed by atoms with Crippen LogP contribution in [0, 0.1) is 17.5 Å². The van der Waals surface area contributed by atoms with Crippen LogP contribution in [0.1, 0.15) is 15.9 Å². The first-order chi connectivity index (χ1) is 9.49. The van der Waals surface area contributed by atoms with Crippen LogP contribution < -0.4 is 11.1 Å². The molecule has 0 aliphatic carbocycles. The number of para-hydroxylation sites is 1. The van der Waals surface area contributed by atoms with Gasteiger partial charge >= 0.3 is 0 Å². The van der Waals surface area contributed by atoms with E-state index in [9.17, 15) is 18.0 Å². The number of nitrogen functional groups attached to an aromatic ring is 1. The minimum Gasteiger partial charge on any atom is -0.396 e. The van der Waals surface area contributed by atoms with E-state index in [1.165, 1.54) is 18.2 Å². The summed E-state index contributed by atoms with van der Waals surface area (Å²) in [5.41, 5.74) is 5.25. The summed E-state index contributed by atoms with van der Waals surface area (Å²) in [7, 11) is 0. The predicted octanol–water partition coefficient (Wildman–Crippen LogP) is 2.62. The molecule has 0 bridgehead atoms. The van der Waals surface area contributed by atoms with Crippen molar-refractivity contribution in [2.24, 2.45) is 0 Å². The Labute approximate surface area is 113 Å². The summed E-state index contributed by atoms with van der Waals surface area (Å²) in [6.07, 6.45) is 0. The number of anilines is 1. The molecule has 2 rings (SSSR count). The molecule has 2 aromatic carbocycles. The molecular formula is C14H11F3N2O. The van der Waals surface area contributed by atoms with Crippen LogP contribution in [-0.2, 0) is 6.54 Å². The summed E-state index contributed by atoms with van der Waals surface area (Å²) in [6.45, 7) is -0.152. The zero-order valence-electron chi connectivity index (χ0n) is 10.3. The zero-order valence-corrected chi connectivity index (χ0v) is 10.3. The Morgan fingerprint density at radius 2 is 1.85 bits per heavy atom. The molecule has 0 heterocycles. The smallest absolute Gasteiger partial charge is 0.253 e. The van der Waals surface area contributed by atoms with Gasteiger partial charge in [-0.1, -0.05) is 12.1 Å². The molecule has 3 nitrogen and oxygen atoms in total. The molecule has 0 aromatic heterocycles. The SMILES string of the molecule is Nc1c(F)cccc1C(=O)NCc1ccc(F)cc1F. The van der Waals surface area contributed by atoms with Gasteiger partial charge in [-0.15, -0.1) is 0 Å². The highest BCUT2D eigenvalue weighted by Crippen LogP contribution is 2.16. The first-order valence-corrected chi connectivity index (χ1v) is 5.75. The molecule has 0 unspecified atom stereocenters. The Bertz CT molecular complexity index is 659. The molecule has 104 valence electrons. The highest BCUT2D eigenvalue weighted by molar-refractivity contribution is 5.99. The van der Waals surface area contributed by atoms with Crippen LogP contribution in [0.2, 0.25) is 0 Å². The number of hydrogen-bond acceptors (Lipinski definition) is 2. The number of amides is 1. The van der Waals surface area contributed by atoms with Crippen LogP contribution >= 0.6 is 0 Å². The first-order valence-electron chi connectivity index (χ1n) is 5.75. The Kier molecular flexibility index (Phi) is 3.93. The normalized spacial score (nSPS) is 10.3. The largest absolute Gasteiger partial charge is 0.396 e. The molecule has 3 N–H and O–H groups in total. The molecule has 1 amide bonds. The summed E-state index contributed by atoms with van der Waals surface area (Å²) in [5.74, 6) is -2.80. The maximum atomic E-state index is 13.4. The third-order valence-corrected chi connectivity index (χ3v) is 2.75. The van der Waals surface area contributed by atoms with Crippen LogP contribution in [0.15, 0.2) is 36.4 Å². The maximum absolute atomic E-state index is 13.4. The fourth-order valence-electron chi connectivity index (χ4n) is 1.67. The molecule has 0 aliphatic rings. The molecule has 6 heteroatoms. The van der Waals surface area contributed by atoms with Gasteiger partial charge in [-0.25, -0.2) is 13.2 Å². The average molecular weight is 280 g/mol. The molecule has 0 saturated carbocycles. The van der Waals surface area contributed by atoms with Crippen LogP contribution in [0.5, 0.6) is 0 Å². The van der Waals surface area contributed by atoms with E-state index < -0.39 is 23.4 Å². The Balaban J connectivity index is 2.11. The van der Waals surface area contributed by atoms with Crippen LogP contribution in [0.4, 0.5) is 18.9 Å². The number of benzene rings is 2. The number of hydrogen-bond donors (Lipinski definition) is 2. The lowest BCUT2D eigenvalue weighted by Crippen LogP contribution is -2.24. The molecule has 0 fully saturated rings. The van der Waals surface area contributed by atoms with E-state index in [0.29, 0.717) is 0 Å². The summed E-state index contributed by atoms with van der Waals surface area (Å²) >= 11 is 0. The van der Waals surface area contributed by atoms with E-state index in [0.717, 1.165) is 18.2 Å². The van der Waals surface area contributed by atoms with Crippen molar-refractivity contribution in [2.75, 3.05) is 5.73 Å². The molecule has 0 aliphatic heterocycles. The lowest BCUT2D eigenvalue weighted by Gasteiger charge is -2.08. The van der Waals surface area contributed by atoms with Crippen molar-refractivity contribution in [1.29, 1.82) is 0 Å². The van der Waals surface area contributed by atoms with E-state index in [4.69, 9.17) is 5.73 Å². The van der Waals surface area contributed by atoms with Crippen molar-refractivity contribution in [3.05, 3.63) is 65.0 Å². The summed E-state index contributed by atoms with van der Waals surface area (Å²) in [6, 6.07) is 6.86. The average Bonchev–Trinajstić information content (AvgIpc) is 2.40. The fourth-order valence-corrected chi connectivity index (χ4v) is 1.67. The highest BCUT2D eigenvalue weighted by Gasteiger charge is 2.13. The van der Waals surface area contributed by atoms with Gasteiger partial charge in [-0.3, -0.25) is 4.79 Å². The van der Waals surface area contributed by atoms with Crippen molar-refractivity contribution in [2.45, 2.75) is 6.54 Å². The lowest BCUT2D eigenvalue weighted by atomic mass is 10.1. The van der Waals surface area contributed by atoms with Crippen LogP contribution in [0.25, 0.3) is 0 Å². The quantitative estimate of drug-likeness (QED) is 0.849. The molecular weight excluding hydrogens is 269 g/mol. The lowest BCUT2D eigenvalue weighted by molar-refractivity contribution is 0.0951. The fraction of sp³-hybridized carbons (Fsp3) is 0.0714. The second-order valence-electron chi connectivity index (χ2n) is 4.12. The maximum Gasteiger partial charge on any atom is 0.253 e. The minimum absolute atomic E-state index is 0.0347. The molecule has 0 saturated heterocycles.